The fraction of sp³-hybridized carbons (Fsp3) is 0.932. The molecule has 4 aliphatic rings. The lowest BCUT2D eigenvalue weighted by Crippen LogP contribution is -2.64. The van der Waals surface area contributed by atoms with Crippen LogP contribution in [0.2, 0.25) is 0 Å². The SMILES string of the molecule is CCCCCCCCCCCCCC(=O)O[C@H]1CC[C@]2(C)[C@H]3CC[C@@H]4[C@@H]([C@@](C)(O)CCC=C(C)C)CC[C@@]4(C)[C@]3(C)CC[C@H]2C1(C)C. The van der Waals surface area contributed by atoms with Gasteiger partial charge in [0, 0.05) is 11.8 Å². The first kappa shape index (κ1) is 39.0. The molecule has 0 aromatic rings. The summed E-state index contributed by atoms with van der Waals surface area (Å²) in [5.41, 5.74) is 1.65. The Balaban J connectivity index is 1.30. The fourth-order valence-corrected chi connectivity index (χ4v) is 12.7. The van der Waals surface area contributed by atoms with Crippen molar-refractivity contribution >= 4 is 5.97 Å². The Morgan fingerprint density at radius 2 is 1.36 bits per heavy atom. The molecular formula is C44H78O3. The minimum atomic E-state index is -0.587. The van der Waals surface area contributed by atoms with E-state index < -0.39 is 5.60 Å². The third kappa shape index (κ3) is 8.22. The number of hydrogen-bond donors (Lipinski definition) is 1. The lowest BCUT2D eigenvalue weighted by molar-refractivity contribution is -0.230. The van der Waals surface area contributed by atoms with Crippen molar-refractivity contribution < 1.29 is 14.6 Å². The summed E-state index contributed by atoms with van der Waals surface area (Å²) in [6.07, 6.45) is 28.9. The van der Waals surface area contributed by atoms with Crippen LogP contribution < -0.4 is 0 Å². The van der Waals surface area contributed by atoms with Crippen LogP contribution in [0.5, 0.6) is 0 Å². The summed E-state index contributed by atoms with van der Waals surface area (Å²) in [4.78, 5) is 13.1. The van der Waals surface area contributed by atoms with Crippen molar-refractivity contribution in [2.24, 2.45) is 45.3 Å². The van der Waals surface area contributed by atoms with Gasteiger partial charge in [-0.15, -0.1) is 0 Å². The molecule has 3 nitrogen and oxygen atoms in total. The van der Waals surface area contributed by atoms with Crippen LogP contribution >= 0.6 is 0 Å². The number of hydrogen-bond acceptors (Lipinski definition) is 3. The molecule has 0 aromatic carbocycles. The minimum Gasteiger partial charge on any atom is -0.462 e. The highest BCUT2D eigenvalue weighted by Crippen LogP contribution is 2.76. The number of aliphatic hydroxyl groups is 1. The average Bonchev–Trinajstić information content (AvgIpc) is 3.36. The van der Waals surface area contributed by atoms with Crippen molar-refractivity contribution in [2.45, 2.75) is 215 Å². The van der Waals surface area contributed by atoms with Gasteiger partial charge < -0.3 is 9.84 Å². The van der Waals surface area contributed by atoms with E-state index >= 15 is 0 Å². The van der Waals surface area contributed by atoms with Crippen molar-refractivity contribution in [3.8, 4) is 0 Å². The summed E-state index contributed by atoms with van der Waals surface area (Å²) in [5, 5.41) is 11.8. The lowest BCUT2D eigenvalue weighted by Gasteiger charge is -2.70. The normalized spacial score (nSPS) is 37.3. The first-order valence-corrected chi connectivity index (χ1v) is 20.7. The van der Waals surface area contributed by atoms with E-state index in [0.717, 1.165) is 32.1 Å². The summed E-state index contributed by atoms with van der Waals surface area (Å²) in [6.45, 7) is 21.6. The maximum atomic E-state index is 13.1. The second kappa shape index (κ2) is 16.0. The minimum absolute atomic E-state index is 0.00564. The number of rotatable bonds is 17. The van der Waals surface area contributed by atoms with Crippen LogP contribution in [0.3, 0.4) is 0 Å². The molecule has 0 aromatic heterocycles. The van der Waals surface area contributed by atoms with Gasteiger partial charge in [-0.25, -0.2) is 0 Å². The Labute approximate surface area is 292 Å². The molecule has 0 bridgehead atoms. The van der Waals surface area contributed by atoms with Crippen LogP contribution in [-0.4, -0.2) is 22.8 Å². The molecule has 0 amide bonds. The summed E-state index contributed by atoms with van der Waals surface area (Å²) in [6, 6.07) is 0. The molecule has 0 saturated heterocycles. The summed E-state index contributed by atoms with van der Waals surface area (Å²) in [5.74, 6) is 2.37. The fourth-order valence-electron chi connectivity index (χ4n) is 12.7. The predicted octanol–water partition coefficient (Wildman–Crippen LogP) is 12.8. The molecule has 0 heterocycles. The number of fused-ring (bicyclic) bond motifs is 5. The number of carbonyl (C=O) groups is 1. The molecule has 1 N–H and O–H groups in total. The number of allylic oxidation sites excluding steroid dienone is 2. The van der Waals surface area contributed by atoms with E-state index in [-0.39, 0.29) is 28.3 Å². The van der Waals surface area contributed by atoms with Crippen LogP contribution in [0.1, 0.15) is 204 Å². The van der Waals surface area contributed by atoms with Gasteiger partial charge in [-0.2, -0.15) is 0 Å². The first-order chi connectivity index (χ1) is 22.1. The second-order valence-electron chi connectivity index (χ2n) is 19.1. The summed E-state index contributed by atoms with van der Waals surface area (Å²) in [7, 11) is 0. The molecule has 4 fully saturated rings. The summed E-state index contributed by atoms with van der Waals surface area (Å²) < 4.78 is 6.37. The zero-order valence-corrected chi connectivity index (χ0v) is 32.8. The Bertz CT molecular complexity index is 1040. The molecule has 4 saturated carbocycles. The van der Waals surface area contributed by atoms with Gasteiger partial charge in [0.05, 0.1) is 5.60 Å². The maximum Gasteiger partial charge on any atom is 0.306 e. The molecule has 0 aliphatic heterocycles. The Kier molecular flexibility index (Phi) is 13.3. The Morgan fingerprint density at radius 3 is 1.98 bits per heavy atom. The van der Waals surface area contributed by atoms with Crippen molar-refractivity contribution in [2.75, 3.05) is 0 Å². The van der Waals surface area contributed by atoms with Gasteiger partial charge in [-0.1, -0.05) is 117 Å². The van der Waals surface area contributed by atoms with Crippen LogP contribution in [-0.2, 0) is 9.53 Å². The van der Waals surface area contributed by atoms with Gasteiger partial charge in [0.1, 0.15) is 6.10 Å². The smallest absolute Gasteiger partial charge is 0.306 e. The van der Waals surface area contributed by atoms with E-state index in [1.807, 2.05) is 0 Å². The van der Waals surface area contributed by atoms with Gasteiger partial charge in [0.2, 0.25) is 0 Å². The summed E-state index contributed by atoms with van der Waals surface area (Å²) >= 11 is 0. The van der Waals surface area contributed by atoms with Crippen LogP contribution in [0.15, 0.2) is 11.6 Å². The van der Waals surface area contributed by atoms with Crippen LogP contribution in [0, 0.1) is 45.3 Å². The number of unbranched alkanes of at least 4 members (excludes halogenated alkanes) is 10. The van der Waals surface area contributed by atoms with E-state index in [1.165, 1.54) is 108 Å². The number of ether oxygens (including phenoxy) is 1. The standard InChI is InChI=1S/C44H78O3/c1-10-11-12-13-14-15-16-17-18-19-20-23-39(45)47-38-28-30-41(6)36(40(38,4)5)27-32-43(8)37(41)25-24-34-35(26-31-42(34,43)7)44(9,46)29-21-22-33(2)3/h22,34-38,46H,10-21,23-32H2,1-9H3/t34-,35+,36+,37-,38+,41+,42-,43-,44+/m1/s1. The predicted molar refractivity (Wildman–Crippen MR) is 199 cm³/mol. The molecule has 0 unspecified atom stereocenters. The highest BCUT2D eigenvalue weighted by Gasteiger charge is 2.69. The van der Waals surface area contributed by atoms with E-state index in [0.29, 0.717) is 35.5 Å². The molecular weight excluding hydrogens is 576 g/mol. The molecule has 0 radical (unpaired) electrons. The maximum absolute atomic E-state index is 13.1. The second-order valence-corrected chi connectivity index (χ2v) is 19.1. The molecule has 9 atom stereocenters. The number of esters is 1. The van der Waals surface area contributed by atoms with Gasteiger partial charge in [-0.05, 0) is 131 Å². The van der Waals surface area contributed by atoms with E-state index in [1.54, 1.807) is 0 Å². The topological polar surface area (TPSA) is 46.5 Å². The van der Waals surface area contributed by atoms with Crippen LogP contribution in [0.4, 0.5) is 0 Å². The Hall–Kier alpha value is -0.830. The van der Waals surface area contributed by atoms with Gasteiger partial charge >= 0.3 is 5.97 Å². The molecule has 3 heteroatoms. The molecule has 47 heavy (non-hydrogen) atoms. The van der Waals surface area contributed by atoms with E-state index in [4.69, 9.17) is 4.74 Å². The van der Waals surface area contributed by atoms with E-state index in [2.05, 4.69) is 68.4 Å². The molecule has 4 rings (SSSR count). The zero-order valence-electron chi connectivity index (χ0n) is 32.8. The van der Waals surface area contributed by atoms with Crippen molar-refractivity contribution in [3.05, 3.63) is 11.6 Å². The number of carbonyl (C=O) groups excluding carboxylic acids is 1. The monoisotopic (exact) mass is 655 g/mol. The van der Waals surface area contributed by atoms with Crippen LogP contribution in [0.25, 0.3) is 0 Å². The lowest BCUT2D eigenvalue weighted by atomic mass is 9.35. The van der Waals surface area contributed by atoms with Gasteiger partial charge in [-0.3, -0.25) is 4.79 Å². The first-order valence-electron chi connectivity index (χ1n) is 20.7. The van der Waals surface area contributed by atoms with Gasteiger partial charge in [0.15, 0.2) is 0 Å². The zero-order chi connectivity index (χ0) is 34.5. The average molecular weight is 655 g/mol. The quantitative estimate of drug-likeness (QED) is 0.0964. The molecule has 4 aliphatic carbocycles. The highest BCUT2D eigenvalue weighted by molar-refractivity contribution is 5.69. The Morgan fingerprint density at radius 1 is 0.766 bits per heavy atom. The third-order valence-corrected chi connectivity index (χ3v) is 15.6. The largest absolute Gasteiger partial charge is 0.462 e. The van der Waals surface area contributed by atoms with Gasteiger partial charge in [0.25, 0.3) is 0 Å². The molecule has 272 valence electrons. The molecule has 0 spiro atoms. The van der Waals surface area contributed by atoms with Crippen molar-refractivity contribution in [3.63, 3.8) is 0 Å². The van der Waals surface area contributed by atoms with E-state index in [9.17, 15) is 9.90 Å². The third-order valence-electron chi connectivity index (χ3n) is 15.6. The van der Waals surface area contributed by atoms with Crippen molar-refractivity contribution in [1.82, 2.24) is 0 Å². The highest BCUT2D eigenvalue weighted by atomic mass is 16.5. The van der Waals surface area contributed by atoms with Crippen molar-refractivity contribution in [1.29, 1.82) is 0 Å².